The summed E-state index contributed by atoms with van der Waals surface area (Å²) in [5.41, 5.74) is 1.68. The van der Waals surface area contributed by atoms with Crippen molar-refractivity contribution < 1.29 is 19.1 Å². The average Bonchev–Trinajstić information content (AvgIpc) is 3.13. The number of ether oxygens (including phenoxy) is 1. The van der Waals surface area contributed by atoms with Gasteiger partial charge in [-0.15, -0.1) is 0 Å². The molecule has 0 aliphatic rings. The number of aromatic nitrogens is 3. The summed E-state index contributed by atoms with van der Waals surface area (Å²) in [4.78, 5) is 42.7. The highest BCUT2D eigenvalue weighted by atomic mass is 16.5. The molecule has 0 atom stereocenters. The molecule has 1 N–H and O–H groups in total. The van der Waals surface area contributed by atoms with Gasteiger partial charge in [0.05, 0.1) is 23.7 Å². The highest BCUT2D eigenvalue weighted by molar-refractivity contribution is 6.03. The van der Waals surface area contributed by atoms with Crippen molar-refractivity contribution >= 4 is 28.8 Å². The lowest BCUT2D eigenvalue weighted by molar-refractivity contribution is -0.137. The van der Waals surface area contributed by atoms with Gasteiger partial charge in [0, 0.05) is 25.3 Å². The van der Waals surface area contributed by atoms with Gasteiger partial charge in [-0.2, -0.15) is 5.10 Å². The van der Waals surface area contributed by atoms with Gasteiger partial charge in [-0.25, -0.2) is 14.5 Å². The monoisotopic (exact) mass is 417 g/mol. The number of fused-ring (bicyclic) bond motifs is 1. The van der Waals surface area contributed by atoms with Crippen LogP contribution in [0.3, 0.4) is 0 Å². The maximum Gasteiger partial charge on any atom is 0.339 e. The molecule has 0 aliphatic heterocycles. The third-order valence-electron chi connectivity index (χ3n) is 4.59. The van der Waals surface area contributed by atoms with Crippen molar-refractivity contribution in [3.63, 3.8) is 0 Å². The van der Waals surface area contributed by atoms with Crippen molar-refractivity contribution in [2.24, 2.45) is 0 Å². The number of esters is 1. The lowest BCUT2D eigenvalue weighted by Crippen LogP contribution is -2.40. The summed E-state index contributed by atoms with van der Waals surface area (Å²) in [7, 11) is 1.50. The van der Waals surface area contributed by atoms with E-state index in [4.69, 9.17) is 4.74 Å². The molecular weight excluding hydrogens is 386 g/mol. The molecule has 9 nitrogen and oxygen atoms in total. The van der Waals surface area contributed by atoms with E-state index in [1.54, 1.807) is 16.9 Å². The molecule has 2 aromatic heterocycles. The van der Waals surface area contributed by atoms with Gasteiger partial charge in [-0.1, -0.05) is 20.8 Å². The molecular formula is C21H31N5O4. The lowest BCUT2D eigenvalue weighted by Gasteiger charge is -2.17. The van der Waals surface area contributed by atoms with E-state index < -0.39 is 18.5 Å². The number of hydrogen-bond acceptors (Lipinski definition) is 6. The first-order valence-electron chi connectivity index (χ1n) is 10.2. The number of amides is 2. The predicted molar refractivity (Wildman–Crippen MR) is 113 cm³/mol. The van der Waals surface area contributed by atoms with Crippen LogP contribution in [0.1, 0.15) is 69.1 Å². The van der Waals surface area contributed by atoms with Crippen LogP contribution in [0.25, 0.3) is 11.0 Å². The topological polar surface area (TPSA) is 106 Å². The van der Waals surface area contributed by atoms with Crippen LogP contribution in [0, 0.1) is 0 Å². The standard InChI is InChI=1S/C21H31N5O4/c1-7-8-22-18(27)11-25(6)19(28)12-30-21(29)15-9-17(13(2)3)24-20-16(15)10-23-26(20)14(4)5/h9-10,13-14H,7-8,11-12H2,1-6H3,(H,22,27). The largest absolute Gasteiger partial charge is 0.452 e. The molecule has 2 amide bonds. The Hall–Kier alpha value is -2.97. The van der Waals surface area contributed by atoms with Crippen LogP contribution in [0.2, 0.25) is 0 Å². The minimum Gasteiger partial charge on any atom is -0.452 e. The summed E-state index contributed by atoms with van der Waals surface area (Å²) in [5, 5.41) is 7.63. The molecule has 0 radical (unpaired) electrons. The summed E-state index contributed by atoms with van der Waals surface area (Å²) in [6.07, 6.45) is 2.40. The van der Waals surface area contributed by atoms with E-state index in [-0.39, 0.29) is 24.4 Å². The second-order valence-corrected chi connectivity index (χ2v) is 7.85. The van der Waals surface area contributed by atoms with E-state index in [2.05, 4.69) is 15.4 Å². The molecule has 0 unspecified atom stereocenters. The third-order valence-corrected chi connectivity index (χ3v) is 4.59. The molecule has 30 heavy (non-hydrogen) atoms. The Kier molecular flexibility index (Phi) is 7.91. The lowest BCUT2D eigenvalue weighted by atomic mass is 10.1. The fourth-order valence-corrected chi connectivity index (χ4v) is 2.82. The summed E-state index contributed by atoms with van der Waals surface area (Å²) >= 11 is 0. The van der Waals surface area contributed by atoms with Crippen molar-refractivity contribution in [2.45, 2.75) is 53.0 Å². The van der Waals surface area contributed by atoms with Crippen LogP contribution in [0.15, 0.2) is 12.3 Å². The van der Waals surface area contributed by atoms with Gasteiger partial charge in [0.2, 0.25) is 5.91 Å². The zero-order chi connectivity index (χ0) is 22.4. The number of carbonyl (C=O) groups is 3. The maximum atomic E-state index is 12.8. The van der Waals surface area contributed by atoms with E-state index >= 15 is 0 Å². The Bertz CT molecular complexity index is 920. The number of hydrogen-bond donors (Lipinski definition) is 1. The van der Waals surface area contributed by atoms with Crippen LogP contribution in [-0.2, 0) is 14.3 Å². The van der Waals surface area contributed by atoms with Crippen LogP contribution in [0.4, 0.5) is 0 Å². The van der Waals surface area contributed by atoms with Gasteiger partial charge < -0.3 is 15.0 Å². The van der Waals surface area contributed by atoms with Crippen molar-refractivity contribution in [1.29, 1.82) is 0 Å². The molecule has 0 aliphatic carbocycles. The maximum absolute atomic E-state index is 12.8. The summed E-state index contributed by atoms with van der Waals surface area (Å²) in [6.45, 7) is 9.90. The Morgan fingerprint density at radius 2 is 1.93 bits per heavy atom. The fraction of sp³-hybridized carbons (Fsp3) is 0.571. The van der Waals surface area contributed by atoms with Gasteiger partial charge in [0.25, 0.3) is 5.91 Å². The molecule has 2 aromatic rings. The van der Waals surface area contributed by atoms with Crippen molar-refractivity contribution in [3.05, 3.63) is 23.5 Å². The molecule has 0 fully saturated rings. The van der Waals surface area contributed by atoms with Gasteiger partial charge in [-0.05, 0) is 32.3 Å². The quantitative estimate of drug-likeness (QED) is 0.628. The molecule has 9 heteroatoms. The van der Waals surface area contributed by atoms with Crippen LogP contribution in [0.5, 0.6) is 0 Å². The van der Waals surface area contributed by atoms with Crippen molar-refractivity contribution in [1.82, 2.24) is 25.0 Å². The van der Waals surface area contributed by atoms with E-state index in [1.807, 2.05) is 34.6 Å². The van der Waals surface area contributed by atoms with E-state index in [1.165, 1.54) is 11.9 Å². The molecule has 0 saturated heterocycles. The Morgan fingerprint density at radius 1 is 1.23 bits per heavy atom. The smallest absolute Gasteiger partial charge is 0.339 e. The fourth-order valence-electron chi connectivity index (χ4n) is 2.82. The number of pyridine rings is 1. The van der Waals surface area contributed by atoms with Gasteiger partial charge in [-0.3, -0.25) is 9.59 Å². The second kappa shape index (κ2) is 10.2. The van der Waals surface area contributed by atoms with Gasteiger partial charge in [0.15, 0.2) is 12.3 Å². The highest BCUT2D eigenvalue weighted by Gasteiger charge is 2.21. The zero-order valence-corrected chi connectivity index (χ0v) is 18.6. The average molecular weight is 418 g/mol. The first kappa shape index (κ1) is 23.3. The Morgan fingerprint density at radius 3 is 2.53 bits per heavy atom. The number of carbonyl (C=O) groups excluding carboxylic acids is 3. The SMILES string of the molecule is CCCNC(=O)CN(C)C(=O)COC(=O)c1cc(C(C)C)nc2c1cnn2C(C)C. The molecule has 2 rings (SSSR count). The van der Waals surface area contributed by atoms with Crippen LogP contribution in [-0.4, -0.2) is 64.2 Å². The second-order valence-electron chi connectivity index (χ2n) is 7.85. The first-order valence-corrected chi connectivity index (χ1v) is 10.2. The molecule has 0 bridgehead atoms. The van der Waals surface area contributed by atoms with Crippen LogP contribution >= 0.6 is 0 Å². The third kappa shape index (κ3) is 5.55. The Balaban J connectivity index is 2.15. The van der Waals surface area contributed by atoms with E-state index in [0.29, 0.717) is 23.1 Å². The van der Waals surface area contributed by atoms with Gasteiger partial charge in [0.1, 0.15) is 0 Å². The molecule has 0 saturated carbocycles. The zero-order valence-electron chi connectivity index (χ0n) is 18.6. The molecule has 0 spiro atoms. The van der Waals surface area contributed by atoms with Crippen LogP contribution < -0.4 is 5.32 Å². The first-order chi connectivity index (χ1) is 14.1. The van der Waals surface area contributed by atoms with E-state index in [0.717, 1.165) is 12.1 Å². The normalized spacial score (nSPS) is 11.2. The number of likely N-dealkylation sites (N-methyl/N-ethyl adjacent to an activating group) is 1. The number of rotatable bonds is 9. The Labute approximate surface area is 176 Å². The van der Waals surface area contributed by atoms with Crippen molar-refractivity contribution in [3.8, 4) is 0 Å². The summed E-state index contributed by atoms with van der Waals surface area (Å²) in [5.74, 6) is -1.23. The molecule has 2 heterocycles. The van der Waals surface area contributed by atoms with Crippen molar-refractivity contribution in [2.75, 3.05) is 26.7 Å². The number of nitrogens with one attached hydrogen (secondary N) is 1. The summed E-state index contributed by atoms with van der Waals surface area (Å²) in [6, 6.07) is 1.77. The van der Waals surface area contributed by atoms with E-state index in [9.17, 15) is 14.4 Å². The minimum atomic E-state index is -0.621. The van der Waals surface area contributed by atoms with Gasteiger partial charge >= 0.3 is 5.97 Å². The summed E-state index contributed by atoms with van der Waals surface area (Å²) < 4.78 is 7.02. The highest BCUT2D eigenvalue weighted by Crippen LogP contribution is 2.24. The molecule has 164 valence electrons. The minimum absolute atomic E-state index is 0.0790. The molecule has 0 aromatic carbocycles. The predicted octanol–water partition coefficient (Wildman–Crippen LogP) is 2.28. The number of nitrogens with zero attached hydrogens (tertiary/aromatic N) is 4.